The molecule has 1 aliphatic rings. The molecule has 6 nitrogen and oxygen atoms in total. The second-order valence-electron chi connectivity index (χ2n) is 7.06. The maximum Gasteiger partial charge on any atom is 0.275 e. The lowest BCUT2D eigenvalue weighted by molar-refractivity contribution is -0.120. The third-order valence-electron chi connectivity index (χ3n) is 5.00. The summed E-state index contributed by atoms with van der Waals surface area (Å²) in [5.74, 6) is -0.427. The second-order valence-corrected chi connectivity index (χ2v) is 7.06. The van der Waals surface area contributed by atoms with Gasteiger partial charge in [0.1, 0.15) is 5.75 Å². The largest absolute Gasteiger partial charge is 0.507 e. The van der Waals surface area contributed by atoms with E-state index in [1.807, 2.05) is 24.3 Å². The van der Waals surface area contributed by atoms with Gasteiger partial charge in [0.25, 0.3) is 5.91 Å². The molecule has 146 valence electrons. The summed E-state index contributed by atoms with van der Waals surface area (Å²) in [5, 5.41) is 16.8. The first-order valence-corrected chi connectivity index (χ1v) is 9.58. The smallest absolute Gasteiger partial charge is 0.275 e. The van der Waals surface area contributed by atoms with Gasteiger partial charge >= 0.3 is 0 Å². The second kappa shape index (κ2) is 9.17. The average Bonchev–Trinajstić information content (AvgIpc) is 2.73. The van der Waals surface area contributed by atoms with E-state index in [-0.39, 0.29) is 23.1 Å². The monoisotopic (exact) mass is 379 g/mol. The fourth-order valence-corrected chi connectivity index (χ4v) is 3.36. The lowest BCUT2D eigenvalue weighted by atomic mass is 9.88. The summed E-state index contributed by atoms with van der Waals surface area (Å²) >= 11 is 0. The van der Waals surface area contributed by atoms with Gasteiger partial charge in [-0.15, -0.1) is 0 Å². The summed E-state index contributed by atoms with van der Waals surface area (Å²) in [4.78, 5) is 24.6. The number of para-hydroxylation sites is 1. The van der Waals surface area contributed by atoms with Crippen LogP contribution >= 0.6 is 0 Å². The molecule has 0 aromatic heterocycles. The van der Waals surface area contributed by atoms with Crippen molar-refractivity contribution in [2.45, 2.75) is 39.0 Å². The molecule has 2 aromatic carbocycles. The van der Waals surface area contributed by atoms with E-state index >= 15 is 0 Å². The zero-order valence-electron chi connectivity index (χ0n) is 15.9. The van der Waals surface area contributed by atoms with E-state index < -0.39 is 5.91 Å². The Morgan fingerprint density at radius 3 is 2.54 bits per heavy atom. The fourth-order valence-electron chi connectivity index (χ4n) is 3.36. The zero-order valence-corrected chi connectivity index (χ0v) is 15.9. The molecule has 0 spiro atoms. The zero-order chi connectivity index (χ0) is 19.9. The van der Waals surface area contributed by atoms with Crippen LogP contribution in [0.25, 0.3) is 0 Å². The molecule has 6 heteroatoms. The van der Waals surface area contributed by atoms with E-state index in [2.05, 4.69) is 15.8 Å². The van der Waals surface area contributed by atoms with E-state index in [1.54, 1.807) is 19.1 Å². The van der Waals surface area contributed by atoms with Gasteiger partial charge in [-0.05, 0) is 49.6 Å². The third-order valence-corrected chi connectivity index (χ3v) is 5.00. The molecular weight excluding hydrogens is 354 g/mol. The van der Waals surface area contributed by atoms with Gasteiger partial charge < -0.3 is 10.4 Å². The van der Waals surface area contributed by atoms with Gasteiger partial charge in [-0.1, -0.05) is 43.5 Å². The molecule has 2 amide bonds. The topological polar surface area (TPSA) is 90.8 Å². The van der Waals surface area contributed by atoms with E-state index in [0.717, 1.165) is 36.9 Å². The van der Waals surface area contributed by atoms with Crippen LogP contribution in [-0.2, 0) is 4.79 Å². The highest BCUT2D eigenvalue weighted by Gasteiger charge is 2.21. The third kappa shape index (κ3) is 4.97. The van der Waals surface area contributed by atoms with E-state index in [1.165, 1.54) is 18.6 Å². The summed E-state index contributed by atoms with van der Waals surface area (Å²) in [6.07, 6.45) is 5.33. The van der Waals surface area contributed by atoms with Gasteiger partial charge in [-0.25, -0.2) is 5.43 Å². The Hall–Kier alpha value is -3.15. The Morgan fingerprint density at radius 1 is 1.04 bits per heavy atom. The van der Waals surface area contributed by atoms with Gasteiger partial charge in [0, 0.05) is 11.6 Å². The molecule has 1 aliphatic carbocycles. The number of benzene rings is 2. The van der Waals surface area contributed by atoms with Gasteiger partial charge in [0.15, 0.2) is 0 Å². The van der Waals surface area contributed by atoms with Crippen molar-refractivity contribution < 1.29 is 14.7 Å². The molecule has 1 fully saturated rings. The first kappa shape index (κ1) is 19.6. The van der Waals surface area contributed by atoms with Crippen molar-refractivity contribution in [3.63, 3.8) is 0 Å². The fraction of sp³-hybridized carbons (Fsp3) is 0.318. The number of phenolic OH excluding ortho intramolecular Hbond substituents is 1. The minimum absolute atomic E-state index is 0.0688. The number of nitrogens with one attached hydrogen (secondary N) is 2. The van der Waals surface area contributed by atoms with E-state index in [9.17, 15) is 14.7 Å². The minimum atomic E-state index is -0.487. The van der Waals surface area contributed by atoms with Gasteiger partial charge in [0.2, 0.25) is 5.91 Å². The summed E-state index contributed by atoms with van der Waals surface area (Å²) in [5.41, 5.74) is 4.71. The van der Waals surface area contributed by atoms with Crippen LogP contribution in [0.3, 0.4) is 0 Å². The van der Waals surface area contributed by atoms with Crippen LogP contribution in [0.15, 0.2) is 53.6 Å². The Kier molecular flexibility index (Phi) is 6.42. The number of hydrogen-bond acceptors (Lipinski definition) is 4. The van der Waals surface area contributed by atoms with Gasteiger partial charge in [-0.2, -0.15) is 5.10 Å². The van der Waals surface area contributed by atoms with Crippen molar-refractivity contribution in [2.24, 2.45) is 11.0 Å². The predicted molar refractivity (Wildman–Crippen MR) is 109 cm³/mol. The highest BCUT2D eigenvalue weighted by molar-refractivity contribution is 6.02. The highest BCUT2D eigenvalue weighted by Crippen LogP contribution is 2.25. The Labute approximate surface area is 164 Å². The van der Waals surface area contributed by atoms with Crippen LogP contribution in [0, 0.1) is 5.92 Å². The summed E-state index contributed by atoms with van der Waals surface area (Å²) in [6, 6.07) is 13.7. The Balaban J connectivity index is 1.65. The number of phenols is 1. The molecule has 0 radical (unpaired) electrons. The molecule has 28 heavy (non-hydrogen) atoms. The molecule has 1 saturated carbocycles. The number of aromatic hydroxyl groups is 1. The number of hydrogen-bond donors (Lipinski definition) is 3. The first-order chi connectivity index (χ1) is 13.5. The molecule has 2 aromatic rings. The molecule has 0 bridgehead atoms. The van der Waals surface area contributed by atoms with E-state index in [0.29, 0.717) is 5.71 Å². The molecule has 0 atom stereocenters. The maximum atomic E-state index is 12.4. The van der Waals surface area contributed by atoms with Crippen LogP contribution in [0.5, 0.6) is 5.75 Å². The standard InChI is InChI=1S/C22H25N3O3/c1-15(24-25-22(28)19-12-5-6-13-20(19)26)17-10-7-11-18(14-17)23-21(27)16-8-3-2-4-9-16/h5-7,10-14,16,26H,2-4,8-9H2,1H3,(H,23,27)(H,25,28)/b24-15-. The number of hydrazone groups is 1. The lowest BCUT2D eigenvalue weighted by Crippen LogP contribution is -2.24. The number of carbonyl (C=O) groups is 2. The van der Waals surface area contributed by atoms with Gasteiger partial charge in [-0.3, -0.25) is 9.59 Å². The quantitative estimate of drug-likeness (QED) is 0.540. The van der Waals surface area contributed by atoms with E-state index in [4.69, 9.17) is 0 Å². The van der Waals surface area contributed by atoms with Crippen molar-refractivity contribution in [1.29, 1.82) is 0 Å². The molecule has 0 saturated heterocycles. The molecule has 0 aliphatic heterocycles. The summed E-state index contributed by atoms with van der Waals surface area (Å²) in [6.45, 7) is 1.77. The van der Waals surface area contributed by atoms with Crippen LogP contribution in [0.1, 0.15) is 54.9 Å². The predicted octanol–water partition coefficient (Wildman–Crippen LogP) is 4.07. The van der Waals surface area contributed by atoms with Crippen molar-refractivity contribution in [3.8, 4) is 5.75 Å². The minimum Gasteiger partial charge on any atom is -0.507 e. The average molecular weight is 379 g/mol. The summed E-state index contributed by atoms with van der Waals surface area (Å²) in [7, 11) is 0. The summed E-state index contributed by atoms with van der Waals surface area (Å²) < 4.78 is 0. The number of carbonyl (C=O) groups excluding carboxylic acids is 2. The Morgan fingerprint density at radius 2 is 1.79 bits per heavy atom. The lowest BCUT2D eigenvalue weighted by Gasteiger charge is -2.20. The SMILES string of the molecule is C/C(=N/NC(=O)c1ccccc1O)c1cccc(NC(=O)C2CCCCC2)c1. The van der Waals surface area contributed by atoms with Crippen molar-refractivity contribution >= 4 is 23.2 Å². The molecule has 3 rings (SSSR count). The Bertz CT molecular complexity index is 886. The van der Waals surface area contributed by atoms with Crippen LogP contribution in [0.4, 0.5) is 5.69 Å². The van der Waals surface area contributed by atoms with Crippen molar-refractivity contribution in [2.75, 3.05) is 5.32 Å². The van der Waals surface area contributed by atoms with Gasteiger partial charge in [0.05, 0.1) is 11.3 Å². The number of nitrogens with zero attached hydrogens (tertiary/aromatic N) is 1. The maximum absolute atomic E-state index is 12.4. The van der Waals surface area contributed by atoms with Crippen LogP contribution in [-0.4, -0.2) is 22.6 Å². The molecular formula is C22H25N3O3. The molecule has 0 unspecified atom stereocenters. The number of amides is 2. The normalized spacial score (nSPS) is 15.1. The van der Waals surface area contributed by atoms with Crippen molar-refractivity contribution in [3.05, 3.63) is 59.7 Å². The molecule has 3 N–H and O–H groups in total. The first-order valence-electron chi connectivity index (χ1n) is 9.58. The number of rotatable bonds is 5. The van der Waals surface area contributed by atoms with Crippen LogP contribution < -0.4 is 10.7 Å². The van der Waals surface area contributed by atoms with Crippen LogP contribution in [0.2, 0.25) is 0 Å². The number of anilines is 1. The van der Waals surface area contributed by atoms with Crippen molar-refractivity contribution in [1.82, 2.24) is 5.43 Å². The highest BCUT2D eigenvalue weighted by atomic mass is 16.3. The molecule has 0 heterocycles.